The molecule has 0 N–H and O–H groups in total. The van der Waals surface area contributed by atoms with Crippen LogP contribution in [0, 0.1) is 0 Å². The van der Waals surface area contributed by atoms with Crippen molar-refractivity contribution in [2.24, 2.45) is 0 Å². The molecule has 7 nitrogen and oxygen atoms in total. The van der Waals surface area contributed by atoms with E-state index in [9.17, 15) is 19.2 Å². The van der Waals surface area contributed by atoms with Gasteiger partial charge < -0.3 is 4.74 Å². The summed E-state index contributed by atoms with van der Waals surface area (Å²) in [4.78, 5) is 46.9. The van der Waals surface area contributed by atoms with Gasteiger partial charge in [0.15, 0.2) is 5.69 Å². The van der Waals surface area contributed by atoms with Crippen LogP contribution in [0.3, 0.4) is 0 Å². The highest BCUT2D eigenvalue weighted by atomic mass is 79.9. The first-order chi connectivity index (χ1) is 8.86. The van der Waals surface area contributed by atoms with Gasteiger partial charge in [0.25, 0.3) is 0 Å². The fourth-order valence-corrected chi connectivity index (χ4v) is 2.21. The van der Waals surface area contributed by atoms with E-state index in [2.05, 4.69) is 15.9 Å². The molecule has 1 aromatic heterocycles. The number of nitrogens with zero attached hydrogens (tertiary/aromatic N) is 2. The molecular weight excluding hydrogens is 320 g/mol. The molecule has 0 radical (unpaired) electrons. The number of rotatable bonds is 3. The summed E-state index contributed by atoms with van der Waals surface area (Å²) in [6.45, 7) is 4.00. The number of hydrogen-bond donors (Lipinski definition) is 0. The summed E-state index contributed by atoms with van der Waals surface area (Å²) in [6, 6.07) is 0. The van der Waals surface area contributed by atoms with E-state index in [-0.39, 0.29) is 23.3 Å². The van der Waals surface area contributed by atoms with Crippen molar-refractivity contribution < 1.29 is 19.1 Å². The second kappa shape index (κ2) is 5.96. The Morgan fingerprint density at radius 2 is 1.68 bits per heavy atom. The molecule has 0 atom stereocenters. The Morgan fingerprint density at radius 1 is 1.16 bits per heavy atom. The monoisotopic (exact) mass is 332 g/mol. The minimum atomic E-state index is -0.863. The molecule has 0 spiro atoms. The molecule has 0 amide bonds. The third-order valence-electron chi connectivity index (χ3n) is 2.37. The number of esters is 1. The van der Waals surface area contributed by atoms with Gasteiger partial charge in [0, 0.05) is 19.2 Å². The van der Waals surface area contributed by atoms with E-state index in [1.165, 1.54) is 6.92 Å². The van der Waals surface area contributed by atoms with Crippen molar-refractivity contribution in [1.29, 1.82) is 0 Å². The first-order valence-electron chi connectivity index (χ1n) is 5.48. The maximum atomic E-state index is 12.0. The third kappa shape index (κ3) is 2.67. The quantitative estimate of drug-likeness (QED) is 0.609. The van der Waals surface area contributed by atoms with Crippen LogP contribution in [-0.2, 0) is 10.1 Å². The molecule has 104 valence electrons. The van der Waals surface area contributed by atoms with Crippen molar-refractivity contribution in [2.75, 3.05) is 6.61 Å². The van der Waals surface area contributed by atoms with Crippen molar-refractivity contribution >= 4 is 33.7 Å². The van der Waals surface area contributed by atoms with Crippen LogP contribution in [-0.4, -0.2) is 33.5 Å². The highest BCUT2D eigenvalue weighted by molar-refractivity contribution is 9.08. The Labute approximate surface area is 117 Å². The Hall–Kier alpha value is -1.70. The number of alkyl halides is 1. The number of carbonyl (C=O) groups is 3. The molecule has 8 heteroatoms. The summed E-state index contributed by atoms with van der Waals surface area (Å²) < 4.78 is 6.24. The number of ether oxygens (including phenoxy) is 1. The molecule has 0 aromatic carbocycles. The molecule has 0 fully saturated rings. The minimum absolute atomic E-state index is 0.0657. The van der Waals surface area contributed by atoms with Crippen LogP contribution in [0.4, 0.5) is 0 Å². The Bertz CT molecular complexity index is 599. The van der Waals surface area contributed by atoms with Gasteiger partial charge >= 0.3 is 11.7 Å². The van der Waals surface area contributed by atoms with Crippen LogP contribution >= 0.6 is 15.9 Å². The van der Waals surface area contributed by atoms with Gasteiger partial charge in [-0.05, 0) is 6.92 Å². The van der Waals surface area contributed by atoms with Crippen LogP contribution in [0.5, 0.6) is 0 Å². The molecule has 0 aliphatic heterocycles. The second-order valence-electron chi connectivity index (χ2n) is 3.64. The molecule has 1 aromatic rings. The van der Waals surface area contributed by atoms with Gasteiger partial charge in [0.1, 0.15) is 0 Å². The molecule has 0 aliphatic carbocycles. The van der Waals surface area contributed by atoms with Crippen molar-refractivity contribution in [3.8, 4) is 0 Å². The maximum Gasteiger partial charge on any atom is 0.357 e. The molecule has 1 rings (SSSR count). The summed E-state index contributed by atoms with van der Waals surface area (Å²) in [7, 11) is 0. The maximum absolute atomic E-state index is 12.0. The van der Waals surface area contributed by atoms with Crippen molar-refractivity contribution in [2.45, 2.75) is 26.1 Å². The zero-order valence-electron chi connectivity index (χ0n) is 10.7. The van der Waals surface area contributed by atoms with Gasteiger partial charge in [-0.25, -0.2) is 18.7 Å². The highest BCUT2D eigenvalue weighted by Crippen LogP contribution is 2.14. The van der Waals surface area contributed by atoms with Gasteiger partial charge in [0.2, 0.25) is 11.8 Å². The van der Waals surface area contributed by atoms with Crippen LogP contribution in [0.1, 0.15) is 46.5 Å². The molecule has 0 unspecified atom stereocenters. The largest absolute Gasteiger partial charge is 0.461 e. The van der Waals surface area contributed by atoms with Gasteiger partial charge in [0.05, 0.1) is 12.3 Å². The first kappa shape index (κ1) is 15.4. The van der Waals surface area contributed by atoms with E-state index in [4.69, 9.17) is 4.74 Å². The van der Waals surface area contributed by atoms with Crippen LogP contribution < -0.4 is 5.69 Å². The average Bonchev–Trinajstić information content (AvgIpc) is 2.62. The minimum Gasteiger partial charge on any atom is -0.461 e. The van der Waals surface area contributed by atoms with E-state index in [1.54, 1.807) is 6.92 Å². The third-order valence-corrected chi connectivity index (χ3v) is 2.91. The molecule has 0 bridgehead atoms. The van der Waals surface area contributed by atoms with Gasteiger partial charge in [-0.2, -0.15) is 0 Å². The van der Waals surface area contributed by atoms with E-state index in [1.807, 2.05) is 0 Å². The van der Waals surface area contributed by atoms with Crippen molar-refractivity contribution in [1.82, 2.24) is 9.13 Å². The van der Waals surface area contributed by atoms with Crippen molar-refractivity contribution in [3.05, 3.63) is 21.9 Å². The average molecular weight is 333 g/mol. The fourth-order valence-electron chi connectivity index (χ4n) is 1.69. The van der Waals surface area contributed by atoms with E-state index >= 15 is 0 Å². The highest BCUT2D eigenvalue weighted by Gasteiger charge is 2.28. The van der Waals surface area contributed by atoms with E-state index in [0.717, 1.165) is 11.5 Å². The molecule has 0 aliphatic rings. The molecule has 0 saturated carbocycles. The lowest BCUT2D eigenvalue weighted by Crippen LogP contribution is -2.31. The lowest BCUT2D eigenvalue weighted by molar-refractivity contribution is 0.0507. The fraction of sp³-hybridized carbons (Fsp3) is 0.455. The Balaban J connectivity index is 3.72. The predicted octanol–water partition coefficient (Wildman–Crippen LogP) is 1.04. The summed E-state index contributed by atoms with van der Waals surface area (Å²) in [5.41, 5.74) is -0.977. The predicted molar refractivity (Wildman–Crippen MR) is 69.9 cm³/mol. The van der Waals surface area contributed by atoms with Crippen molar-refractivity contribution in [3.63, 3.8) is 0 Å². The SMILES string of the molecule is CCOC(=O)c1c(CBr)n(C(C)=O)c(=O)n1C(C)=O. The summed E-state index contributed by atoms with van der Waals surface area (Å²) in [6.07, 6.45) is 0. The zero-order chi connectivity index (χ0) is 14.7. The summed E-state index contributed by atoms with van der Waals surface area (Å²) >= 11 is 3.10. The zero-order valence-corrected chi connectivity index (χ0v) is 12.3. The number of aromatic nitrogens is 2. The topological polar surface area (TPSA) is 87.4 Å². The molecular formula is C11H13BrN2O5. The standard InChI is InChI=1S/C11H13BrN2O5/c1-4-19-10(17)9-8(5-12)13(6(2)15)11(18)14(9)7(3)16/h4-5H2,1-3H3. The van der Waals surface area contributed by atoms with E-state index < -0.39 is 23.5 Å². The van der Waals surface area contributed by atoms with Gasteiger partial charge in [-0.1, -0.05) is 15.9 Å². The number of hydrogen-bond acceptors (Lipinski definition) is 5. The lowest BCUT2D eigenvalue weighted by atomic mass is 10.3. The number of carbonyl (C=O) groups excluding carboxylic acids is 3. The van der Waals surface area contributed by atoms with Crippen LogP contribution in [0.15, 0.2) is 4.79 Å². The van der Waals surface area contributed by atoms with Crippen LogP contribution in [0.25, 0.3) is 0 Å². The molecule has 1 heterocycles. The summed E-state index contributed by atoms with van der Waals surface area (Å²) in [5.74, 6) is -2.05. The summed E-state index contributed by atoms with van der Waals surface area (Å²) in [5, 5.41) is 0.0657. The van der Waals surface area contributed by atoms with Gasteiger partial charge in [-0.3, -0.25) is 9.59 Å². The number of imidazole rings is 1. The van der Waals surface area contributed by atoms with Gasteiger partial charge in [-0.15, -0.1) is 0 Å². The lowest BCUT2D eigenvalue weighted by Gasteiger charge is -2.05. The Morgan fingerprint density at radius 3 is 2.05 bits per heavy atom. The Kier molecular flexibility index (Phi) is 4.82. The number of halogens is 1. The van der Waals surface area contributed by atoms with Crippen LogP contribution in [0.2, 0.25) is 0 Å². The normalized spacial score (nSPS) is 10.3. The van der Waals surface area contributed by atoms with E-state index in [0.29, 0.717) is 4.57 Å². The first-order valence-corrected chi connectivity index (χ1v) is 6.60. The molecule has 19 heavy (non-hydrogen) atoms. The molecule has 0 saturated heterocycles. The second-order valence-corrected chi connectivity index (χ2v) is 4.20. The smallest absolute Gasteiger partial charge is 0.357 e.